The van der Waals surface area contributed by atoms with Crippen LogP contribution in [0.1, 0.15) is 28.4 Å². The van der Waals surface area contributed by atoms with E-state index in [1.807, 2.05) is 30.3 Å². The van der Waals surface area contributed by atoms with Crippen molar-refractivity contribution in [2.45, 2.75) is 18.8 Å². The number of pyridine rings is 1. The van der Waals surface area contributed by atoms with Gasteiger partial charge >= 0.3 is 12.3 Å². The van der Waals surface area contributed by atoms with Gasteiger partial charge in [0.2, 0.25) is 0 Å². The van der Waals surface area contributed by atoms with E-state index in [2.05, 4.69) is 10.3 Å². The van der Waals surface area contributed by atoms with Crippen LogP contribution >= 0.6 is 0 Å². The van der Waals surface area contributed by atoms with Crippen molar-refractivity contribution in [2.75, 3.05) is 0 Å². The Morgan fingerprint density at radius 2 is 1.64 bits per heavy atom. The predicted molar refractivity (Wildman–Crippen MR) is 97.3 cm³/mol. The van der Waals surface area contributed by atoms with Crippen LogP contribution in [-0.2, 0) is 17.5 Å². The topological polar surface area (TPSA) is 51.2 Å². The normalized spacial score (nSPS) is 12.2. The first-order chi connectivity index (χ1) is 13.4. The van der Waals surface area contributed by atoms with Gasteiger partial charge in [0.25, 0.3) is 0 Å². The van der Waals surface area contributed by atoms with Crippen LogP contribution in [0.4, 0.5) is 18.0 Å². The molecule has 1 unspecified atom stereocenters. The number of alkyl carbamates (subject to hydrolysis) is 1. The lowest BCUT2D eigenvalue weighted by Crippen LogP contribution is -2.30. The fourth-order valence-electron chi connectivity index (χ4n) is 2.62. The zero-order chi connectivity index (χ0) is 20.0. The summed E-state index contributed by atoms with van der Waals surface area (Å²) in [5.74, 6) is 0. The summed E-state index contributed by atoms with van der Waals surface area (Å²) in [5.41, 5.74) is 1.01. The summed E-state index contributed by atoms with van der Waals surface area (Å²) in [4.78, 5) is 16.5. The number of rotatable bonds is 5. The molecule has 1 heterocycles. The van der Waals surface area contributed by atoms with Gasteiger partial charge < -0.3 is 10.1 Å². The quantitative estimate of drug-likeness (QED) is 0.662. The molecule has 1 aromatic heterocycles. The minimum atomic E-state index is -4.43. The van der Waals surface area contributed by atoms with E-state index in [-0.39, 0.29) is 6.61 Å². The Balaban J connectivity index is 1.77. The second kappa shape index (κ2) is 8.56. The number of nitrogens with one attached hydrogen (secondary N) is 1. The summed E-state index contributed by atoms with van der Waals surface area (Å²) in [6, 6.07) is 18.1. The van der Waals surface area contributed by atoms with Crippen LogP contribution in [0, 0.1) is 0 Å². The van der Waals surface area contributed by atoms with E-state index in [4.69, 9.17) is 4.74 Å². The van der Waals surface area contributed by atoms with Crippen LogP contribution in [0.3, 0.4) is 0 Å². The van der Waals surface area contributed by atoms with Gasteiger partial charge in [-0.1, -0.05) is 48.5 Å². The molecule has 3 rings (SSSR count). The number of hydrogen-bond donors (Lipinski definition) is 1. The molecule has 4 nitrogen and oxygen atoms in total. The number of nitrogens with zero attached hydrogens (tertiary/aromatic N) is 1. The zero-order valence-electron chi connectivity index (χ0n) is 14.7. The monoisotopic (exact) mass is 386 g/mol. The number of carbonyl (C=O) groups excluding carboxylic acids is 1. The number of amides is 1. The summed E-state index contributed by atoms with van der Waals surface area (Å²) in [7, 11) is 0. The molecule has 0 aliphatic carbocycles. The average Bonchev–Trinajstić information content (AvgIpc) is 2.71. The first-order valence-electron chi connectivity index (χ1n) is 8.49. The molecule has 0 saturated carbocycles. The van der Waals surface area contributed by atoms with Crippen LogP contribution in [-0.4, -0.2) is 11.1 Å². The average molecular weight is 386 g/mol. The molecule has 1 atom stereocenters. The van der Waals surface area contributed by atoms with Crippen LogP contribution in [0.15, 0.2) is 79.0 Å². The van der Waals surface area contributed by atoms with Gasteiger partial charge in [-0.3, -0.25) is 4.98 Å². The summed E-state index contributed by atoms with van der Waals surface area (Å²) < 4.78 is 43.7. The highest BCUT2D eigenvalue weighted by Gasteiger charge is 2.30. The fraction of sp³-hybridized carbons (Fsp3) is 0.143. The third kappa shape index (κ3) is 5.09. The lowest BCUT2D eigenvalue weighted by atomic mass is 10.0. The molecule has 28 heavy (non-hydrogen) atoms. The van der Waals surface area contributed by atoms with E-state index in [0.717, 1.165) is 17.7 Å². The standard InChI is InChI=1S/C21H17F3N2O2/c22-21(23,24)17-11-9-16(10-12-17)19(18-8-4-5-13-25-18)26-20(27)28-14-15-6-2-1-3-7-15/h1-13,19H,14H2,(H,26,27). The first kappa shape index (κ1) is 19.4. The van der Waals surface area contributed by atoms with Gasteiger partial charge in [-0.25, -0.2) is 4.79 Å². The third-order valence-electron chi connectivity index (χ3n) is 4.03. The van der Waals surface area contributed by atoms with Crippen LogP contribution in [0.2, 0.25) is 0 Å². The van der Waals surface area contributed by atoms with Crippen LogP contribution in [0.5, 0.6) is 0 Å². The summed E-state index contributed by atoms with van der Waals surface area (Å²) in [6.07, 6.45) is -3.58. The number of hydrogen-bond acceptors (Lipinski definition) is 3. The number of halogens is 3. The van der Waals surface area contributed by atoms with E-state index in [1.165, 1.54) is 12.1 Å². The molecule has 0 aliphatic heterocycles. The van der Waals surface area contributed by atoms with Crippen LogP contribution < -0.4 is 5.32 Å². The molecule has 144 valence electrons. The Labute approximate surface area is 160 Å². The molecule has 0 radical (unpaired) electrons. The molecular formula is C21H17F3N2O2. The van der Waals surface area contributed by atoms with E-state index >= 15 is 0 Å². The lowest BCUT2D eigenvalue weighted by Gasteiger charge is -2.19. The van der Waals surface area contributed by atoms with Crippen molar-refractivity contribution >= 4 is 6.09 Å². The Bertz CT molecular complexity index is 898. The Morgan fingerprint density at radius 1 is 0.964 bits per heavy atom. The number of aromatic nitrogens is 1. The van der Waals surface area contributed by atoms with E-state index in [1.54, 1.807) is 24.4 Å². The van der Waals surface area contributed by atoms with Crippen molar-refractivity contribution in [3.05, 3.63) is 101 Å². The highest BCUT2D eigenvalue weighted by Crippen LogP contribution is 2.30. The molecule has 0 fully saturated rings. The van der Waals surface area contributed by atoms with Crippen LogP contribution in [0.25, 0.3) is 0 Å². The molecule has 3 aromatic rings. The molecular weight excluding hydrogens is 369 g/mol. The second-order valence-electron chi connectivity index (χ2n) is 6.01. The van der Waals surface area contributed by atoms with E-state index in [9.17, 15) is 18.0 Å². The number of carbonyl (C=O) groups is 1. The highest BCUT2D eigenvalue weighted by molar-refractivity contribution is 5.68. The smallest absolute Gasteiger partial charge is 0.416 e. The minimum absolute atomic E-state index is 0.0780. The first-order valence-corrected chi connectivity index (χ1v) is 8.49. The summed E-state index contributed by atoms with van der Waals surface area (Å²) in [5, 5.41) is 2.67. The van der Waals surface area contributed by atoms with Gasteiger partial charge in [-0.2, -0.15) is 13.2 Å². The van der Waals surface area contributed by atoms with E-state index < -0.39 is 23.9 Å². The van der Waals surface area contributed by atoms with Gasteiger partial charge in [0.1, 0.15) is 6.61 Å². The van der Waals surface area contributed by atoms with Crippen molar-refractivity contribution in [3.8, 4) is 0 Å². The van der Waals surface area contributed by atoms with Crippen molar-refractivity contribution in [2.24, 2.45) is 0 Å². The summed E-state index contributed by atoms with van der Waals surface area (Å²) in [6.45, 7) is 0.0780. The van der Waals surface area contributed by atoms with Gasteiger partial charge in [0, 0.05) is 6.20 Å². The molecule has 2 aromatic carbocycles. The fourth-order valence-corrected chi connectivity index (χ4v) is 2.62. The maximum absolute atomic E-state index is 12.8. The highest BCUT2D eigenvalue weighted by atomic mass is 19.4. The molecule has 1 N–H and O–H groups in total. The number of benzene rings is 2. The molecule has 0 bridgehead atoms. The number of alkyl halides is 3. The SMILES string of the molecule is O=C(NC(c1ccc(C(F)(F)F)cc1)c1ccccn1)OCc1ccccc1. The Morgan fingerprint density at radius 3 is 2.25 bits per heavy atom. The van der Waals surface area contributed by atoms with Crippen molar-refractivity contribution in [1.29, 1.82) is 0 Å². The maximum atomic E-state index is 12.8. The largest absolute Gasteiger partial charge is 0.445 e. The molecule has 0 spiro atoms. The third-order valence-corrected chi connectivity index (χ3v) is 4.03. The van der Waals surface area contributed by atoms with Crippen molar-refractivity contribution < 1.29 is 22.7 Å². The lowest BCUT2D eigenvalue weighted by molar-refractivity contribution is -0.137. The van der Waals surface area contributed by atoms with Gasteiger partial charge in [0.05, 0.1) is 17.3 Å². The number of ether oxygens (including phenoxy) is 1. The molecule has 1 amide bonds. The molecule has 0 saturated heterocycles. The van der Waals surface area contributed by atoms with Gasteiger partial charge in [-0.05, 0) is 35.4 Å². The van der Waals surface area contributed by atoms with Gasteiger partial charge in [-0.15, -0.1) is 0 Å². The van der Waals surface area contributed by atoms with Crippen molar-refractivity contribution in [3.63, 3.8) is 0 Å². The van der Waals surface area contributed by atoms with E-state index in [0.29, 0.717) is 11.3 Å². The van der Waals surface area contributed by atoms with Crippen molar-refractivity contribution in [1.82, 2.24) is 10.3 Å². The Kier molecular flexibility index (Phi) is 5.93. The minimum Gasteiger partial charge on any atom is -0.445 e. The maximum Gasteiger partial charge on any atom is 0.416 e. The summed E-state index contributed by atoms with van der Waals surface area (Å²) >= 11 is 0. The zero-order valence-corrected chi connectivity index (χ0v) is 14.7. The Hall–Kier alpha value is -3.35. The van der Waals surface area contributed by atoms with Gasteiger partial charge in [0.15, 0.2) is 0 Å². The second-order valence-corrected chi connectivity index (χ2v) is 6.01. The molecule has 7 heteroatoms. The molecule has 0 aliphatic rings. The predicted octanol–water partition coefficient (Wildman–Crippen LogP) is 5.12.